The van der Waals surface area contributed by atoms with Crippen molar-refractivity contribution < 1.29 is 9.53 Å². The maximum absolute atomic E-state index is 12.9. The molecule has 2 aromatic carbocycles. The number of hydrogen-bond donors (Lipinski definition) is 3. The Morgan fingerprint density at radius 2 is 1.70 bits per heavy atom. The summed E-state index contributed by atoms with van der Waals surface area (Å²) in [6.07, 6.45) is 0.332. The molecule has 0 spiro atoms. The van der Waals surface area contributed by atoms with Gasteiger partial charge in [-0.1, -0.05) is 48.5 Å². The number of ether oxygens (including phenoxy) is 1. The van der Waals surface area contributed by atoms with Gasteiger partial charge >= 0.3 is 5.97 Å². The predicted octanol–water partition coefficient (Wildman–Crippen LogP) is 2.83. The Balaban J connectivity index is 1.86. The fourth-order valence-corrected chi connectivity index (χ4v) is 3.75. The molecule has 0 fully saturated rings. The van der Waals surface area contributed by atoms with E-state index in [2.05, 4.69) is 15.2 Å². The Hall–Kier alpha value is -3.87. The van der Waals surface area contributed by atoms with E-state index in [0.29, 0.717) is 28.8 Å². The highest BCUT2D eigenvalue weighted by atomic mass is 16.5. The van der Waals surface area contributed by atoms with Gasteiger partial charge in [0.25, 0.3) is 11.1 Å². The first-order valence-electron chi connectivity index (χ1n) is 9.59. The summed E-state index contributed by atoms with van der Waals surface area (Å²) in [4.78, 5) is 40.7. The lowest BCUT2D eigenvalue weighted by molar-refractivity contribution is -0.140. The Labute approximate surface area is 171 Å². The number of rotatable bonds is 6. The van der Waals surface area contributed by atoms with E-state index in [0.717, 1.165) is 10.9 Å². The van der Waals surface area contributed by atoms with Crippen LogP contribution in [0.2, 0.25) is 0 Å². The molecule has 2 aromatic heterocycles. The number of aromatic amines is 3. The number of benzene rings is 2. The molecular weight excluding hydrogens is 382 g/mol. The second-order valence-corrected chi connectivity index (χ2v) is 7.11. The van der Waals surface area contributed by atoms with Crippen molar-refractivity contribution in [3.8, 4) is 0 Å². The van der Waals surface area contributed by atoms with Crippen molar-refractivity contribution >= 4 is 16.9 Å². The number of carbonyl (C=O) groups excluding carboxylic acids is 1. The number of hydrogen-bond acceptors (Lipinski definition) is 4. The molecule has 0 bridgehead atoms. The zero-order valence-electron chi connectivity index (χ0n) is 16.4. The van der Waals surface area contributed by atoms with Gasteiger partial charge in [0.2, 0.25) is 0 Å². The summed E-state index contributed by atoms with van der Waals surface area (Å²) in [7, 11) is 1.29. The summed E-state index contributed by atoms with van der Waals surface area (Å²) in [5, 5.41) is 6.35. The van der Waals surface area contributed by atoms with Gasteiger partial charge in [-0.25, -0.2) is 0 Å². The molecule has 2 heterocycles. The van der Waals surface area contributed by atoms with Crippen LogP contribution in [0.25, 0.3) is 10.9 Å². The highest BCUT2D eigenvalue weighted by molar-refractivity contribution is 5.79. The first-order valence-corrected chi connectivity index (χ1v) is 9.59. The molecular formula is C23H21N3O4. The second-order valence-electron chi connectivity index (χ2n) is 7.11. The van der Waals surface area contributed by atoms with Crippen LogP contribution >= 0.6 is 0 Å². The van der Waals surface area contributed by atoms with Gasteiger partial charge in [-0.2, -0.15) is 0 Å². The number of carbonyl (C=O) groups is 1. The zero-order chi connectivity index (χ0) is 21.1. The number of pyridine rings is 1. The number of methoxy groups -OCH3 is 1. The molecule has 4 aromatic rings. The van der Waals surface area contributed by atoms with Crippen molar-refractivity contribution in [1.29, 1.82) is 0 Å². The van der Waals surface area contributed by atoms with Crippen molar-refractivity contribution in [3.05, 3.63) is 104 Å². The van der Waals surface area contributed by atoms with E-state index in [-0.39, 0.29) is 17.5 Å². The molecule has 0 unspecified atom stereocenters. The number of nitrogens with one attached hydrogen (secondary N) is 3. The first-order chi connectivity index (χ1) is 14.6. The van der Waals surface area contributed by atoms with Gasteiger partial charge in [-0.05, 0) is 23.1 Å². The average Bonchev–Trinajstić information content (AvgIpc) is 3.12. The van der Waals surface area contributed by atoms with Crippen molar-refractivity contribution in [2.75, 3.05) is 7.11 Å². The minimum atomic E-state index is -0.750. The average molecular weight is 403 g/mol. The minimum absolute atomic E-state index is 0.124. The van der Waals surface area contributed by atoms with Gasteiger partial charge < -0.3 is 14.8 Å². The fraction of sp³-hybridized carbons (Fsp3) is 0.174. The monoisotopic (exact) mass is 403 g/mol. The van der Waals surface area contributed by atoms with Gasteiger partial charge in [0.15, 0.2) is 0 Å². The van der Waals surface area contributed by atoms with Crippen LogP contribution in [-0.4, -0.2) is 28.3 Å². The molecule has 0 radical (unpaired) electrons. The lowest BCUT2D eigenvalue weighted by atomic mass is 9.87. The molecule has 1 atom stereocenters. The second kappa shape index (κ2) is 8.24. The third kappa shape index (κ3) is 3.82. The topological polar surface area (TPSA) is 108 Å². The summed E-state index contributed by atoms with van der Waals surface area (Å²) in [6.45, 7) is 0. The van der Waals surface area contributed by atoms with Crippen molar-refractivity contribution in [3.63, 3.8) is 0 Å². The Morgan fingerprint density at radius 3 is 2.47 bits per heavy atom. The van der Waals surface area contributed by atoms with Crippen molar-refractivity contribution in [2.45, 2.75) is 18.8 Å². The van der Waals surface area contributed by atoms with E-state index >= 15 is 0 Å². The van der Waals surface area contributed by atoms with E-state index in [9.17, 15) is 14.4 Å². The van der Waals surface area contributed by atoms with E-state index in [4.69, 9.17) is 4.74 Å². The predicted molar refractivity (Wildman–Crippen MR) is 114 cm³/mol. The molecule has 0 saturated carbocycles. The van der Waals surface area contributed by atoms with Gasteiger partial charge in [0.1, 0.15) is 0 Å². The maximum atomic E-state index is 12.9. The summed E-state index contributed by atoms with van der Waals surface area (Å²) in [5.74, 6) is -1.25. The minimum Gasteiger partial charge on any atom is -0.469 e. The van der Waals surface area contributed by atoms with Gasteiger partial charge in [-0.3, -0.25) is 19.5 Å². The lowest BCUT2D eigenvalue weighted by Crippen LogP contribution is -2.24. The third-order valence-corrected chi connectivity index (χ3v) is 5.22. The van der Waals surface area contributed by atoms with Crippen LogP contribution in [0.5, 0.6) is 0 Å². The molecule has 0 saturated heterocycles. The number of esters is 1. The Morgan fingerprint density at radius 1 is 0.967 bits per heavy atom. The van der Waals surface area contributed by atoms with Gasteiger partial charge in [0.05, 0.1) is 13.5 Å². The molecule has 0 amide bonds. The zero-order valence-corrected chi connectivity index (χ0v) is 16.4. The van der Waals surface area contributed by atoms with Crippen LogP contribution in [0.4, 0.5) is 0 Å². The van der Waals surface area contributed by atoms with E-state index in [1.54, 1.807) is 12.1 Å². The molecule has 4 rings (SSSR count). The highest BCUT2D eigenvalue weighted by Gasteiger charge is 2.28. The van der Waals surface area contributed by atoms with E-state index in [1.165, 1.54) is 7.11 Å². The summed E-state index contributed by atoms with van der Waals surface area (Å²) in [5.41, 5.74) is 2.33. The standard InChI is InChI=1S/C23H21N3O4/c1-30-20(27)13-16(17-12-15-9-5-6-10-18(15)24-22(17)28)21-19(25-26-23(21)29)11-14-7-3-2-4-8-14/h2-10,12,16H,11,13H2,1H3,(H,24,28)(H2,25,26,29)/t16-/m0/s1. The third-order valence-electron chi connectivity index (χ3n) is 5.22. The molecule has 0 aliphatic heterocycles. The summed E-state index contributed by atoms with van der Waals surface area (Å²) in [6, 6.07) is 18.8. The SMILES string of the molecule is COC(=O)C[C@@H](c1cc2ccccc2[nH]c1=O)c1c(Cc2ccccc2)[nH][nH]c1=O. The van der Waals surface area contributed by atoms with Crippen LogP contribution in [0.1, 0.15) is 34.7 Å². The van der Waals surface area contributed by atoms with Crippen LogP contribution in [-0.2, 0) is 16.0 Å². The van der Waals surface area contributed by atoms with Crippen LogP contribution in [0, 0.1) is 0 Å². The van der Waals surface area contributed by atoms with Crippen molar-refractivity contribution in [1.82, 2.24) is 15.2 Å². The van der Waals surface area contributed by atoms with Crippen LogP contribution in [0.15, 0.2) is 70.3 Å². The Kier molecular flexibility index (Phi) is 5.34. The summed E-state index contributed by atoms with van der Waals surface area (Å²) >= 11 is 0. The van der Waals surface area contributed by atoms with Gasteiger partial charge in [-0.15, -0.1) is 0 Å². The first kappa shape index (κ1) is 19.4. The molecule has 0 aliphatic rings. The molecule has 3 N–H and O–H groups in total. The van der Waals surface area contributed by atoms with Gasteiger partial charge in [0, 0.05) is 34.7 Å². The molecule has 0 aliphatic carbocycles. The van der Waals surface area contributed by atoms with Crippen LogP contribution in [0.3, 0.4) is 0 Å². The lowest BCUT2D eigenvalue weighted by Gasteiger charge is -2.16. The highest BCUT2D eigenvalue weighted by Crippen LogP contribution is 2.28. The quantitative estimate of drug-likeness (QED) is 0.430. The van der Waals surface area contributed by atoms with Crippen LogP contribution < -0.4 is 11.1 Å². The smallest absolute Gasteiger partial charge is 0.306 e. The Bertz CT molecular complexity index is 1300. The molecule has 152 valence electrons. The molecule has 30 heavy (non-hydrogen) atoms. The van der Waals surface area contributed by atoms with E-state index in [1.807, 2.05) is 48.5 Å². The van der Waals surface area contributed by atoms with E-state index < -0.39 is 11.9 Å². The fourth-order valence-electron chi connectivity index (χ4n) is 3.75. The molecule has 7 nitrogen and oxygen atoms in total. The van der Waals surface area contributed by atoms with Crippen molar-refractivity contribution in [2.24, 2.45) is 0 Å². The summed E-state index contributed by atoms with van der Waals surface area (Å²) < 4.78 is 4.85. The number of H-pyrrole nitrogens is 3. The molecule has 7 heteroatoms. The number of fused-ring (bicyclic) bond motifs is 1. The number of aromatic nitrogens is 3. The normalized spacial score (nSPS) is 12.0. The maximum Gasteiger partial charge on any atom is 0.306 e. The number of para-hydroxylation sites is 1. The largest absolute Gasteiger partial charge is 0.469 e.